The van der Waals surface area contributed by atoms with Gasteiger partial charge in [-0.15, -0.1) is 0 Å². The second-order valence-electron chi connectivity index (χ2n) is 8.53. The quantitative estimate of drug-likeness (QED) is 0.355. The smallest absolute Gasteiger partial charge is 0.225 e. The van der Waals surface area contributed by atoms with Crippen molar-refractivity contribution in [3.8, 4) is 17.3 Å². The molecule has 0 saturated carbocycles. The Hall–Kier alpha value is -3.87. The fraction of sp³-hybridized carbons (Fsp3) is 0.296. The van der Waals surface area contributed by atoms with Crippen LogP contribution in [0.3, 0.4) is 0 Å². The van der Waals surface area contributed by atoms with Gasteiger partial charge in [-0.05, 0) is 81.6 Å². The van der Waals surface area contributed by atoms with Crippen LogP contribution >= 0.6 is 0 Å². The third-order valence-electron chi connectivity index (χ3n) is 5.63. The first-order chi connectivity index (χ1) is 16.3. The lowest BCUT2D eigenvalue weighted by molar-refractivity contribution is -0.116. The summed E-state index contributed by atoms with van der Waals surface area (Å²) in [5.41, 5.74) is 5.20. The second-order valence-corrected chi connectivity index (χ2v) is 8.53. The van der Waals surface area contributed by atoms with Crippen molar-refractivity contribution in [2.24, 2.45) is 0 Å². The zero-order valence-corrected chi connectivity index (χ0v) is 20.3. The van der Waals surface area contributed by atoms with E-state index in [-0.39, 0.29) is 5.91 Å². The van der Waals surface area contributed by atoms with Crippen LogP contribution in [-0.4, -0.2) is 34.4 Å². The molecule has 176 valence electrons. The Bertz CT molecular complexity index is 1330. The summed E-state index contributed by atoms with van der Waals surface area (Å²) in [6.45, 7) is 8.58. The minimum Gasteiger partial charge on any atom is -0.497 e. The number of rotatable bonds is 8. The first-order valence-corrected chi connectivity index (χ1v) is 11.4. The molecule has 0 fully saturated rings. The molecule has 0 unspecified atom stereocenters. The second kappa shape index (κ2) is 9.95. The van der Waals surface area contributed by atoms with Gasteiger partial charge in [-0.1, -0.05) is 11.6 Å². The number of hydrogen-bond acceptors (Lipinski definition) is 5. The molecule has 1 amide bonds. The lowest BCUT2D eigenvalue weighted by Crippen LogP contribution is -2.16. The fourth-order valence-electron chi connectivity index (χ4n) is 4.00. The van der Waals surface area contributed by atoms with Crippen molar-refractivity contribution in [2.75, 3.05) is 19.0 Å². The number of carbonyl (C=O) groups excluding carboxylic acids is 1. The monoisotopic (exact) mass is 458 g/mol. The average molecular weight is 459 g/mol. The number of benzene rings is 2. The van der Waals surface area contributed by atoms with Gasteiger partial charge in [0.25, 0.3) is 0 Å². The maximum absolute atomic E-state index is 12.6. The van der Waals surface area contributed by atoms with Gasteiger partial charge in [-0.2, -0.15) is 9.78 Å². The van der Waals surface area contributed by atoms with Crippen molar-refractivity contribution in [3.05, 3.63) is 70.9 Å². The molecule has 2 aromatic carbocycles. The molecule has 0 saturated heterocycles. The fourth-order valence-corrected chi connectivity index (χ4v) is 4.00. The number of amides is 1. The standard InChI is InChI=1S/C27H30N4O3/c1-17-13-19(3)27-23(14-17)18(2)15-24(29-27)31-25(16-20(4)30-31)28-26(32)7-6-12-34-22-10-8-21(33-5)9-11-22/h8-11,13-16H,6-7,12H2,1-5H3,(H,28,32). The summed E-state index contributed by atoms with van der Waals surface area (Å²) in [6, 6.07) is 15.5. The predicted molar refractivity (Wildman–Crippen MR) is 134 cm³/mol. The van der Waals surface area contributed by atoms with Crippen LogP contribution in [0.25, 0.3) is 16.7 Å². The third kappa shape index (κ3) is 5.20. The lowest BCUT2D eigenvalue weighted by atomic mass is 10.0. The summed E-state index contributed by atoms with van der Waals surface area (Å²) in [5, 5.41) is 8.70. The molecule has 34 heavy (non-hydrogen) atoms. The number of methoxy groups -OCH3 is 1. The van der Waals surface area contributed by atoms with E-state index in [0.717, 1.165) is 39.2 Å². The summed E-state index contributed by atoms with van der Waals surface area (Å²) in [6.07, 6.45) is 0.930. The molecule has 0 aliphatic carbocycles. The number of ether oxygens (including phenoxy) is 2. The maximum Gasteiger partial charge on any atom is 0.225 e. The van der Waals surface area contributed by atoms with Crippen LogP contribution in [0.4, 0.5) is 5.82 Å². The van der Waals surface area contributed by atoms with Crippen molar-refractivity contribution in [3.63, 3.8) is 0 Å². The van der Waals surface area contributed by atoms with E-state index in [1.165, 1.54) is 5.56 Å². The van der Waals surface area contributed by atoms with Gasteiger partial charge in [0, 0.05) is 17.9 Å². The molecule has 0 radical (unpaired) electrons. The molecule has 4 aromatic rings. The van der Waals surface area contributed by atoms with Crippen molar-refractivity contribution < 1.29 is 14.3 Å². The third-order valence-corrected chi connectivity index (χ3v) is 5.63. The molecule has 4 rings (SSSR count). The molecule has 0 bridgehead atoms. The number of carbonyl (C=O) groups is 1. The predicted octanol–water partition coefficient (Wildman–Crippen LogP) is 5.46. The van der Waals surface area contributed by atoms with E-state index in [0.29, 0.717) is 31.1 Å². The molecule has 2 aromatic heterocycles. The zero-order chi connectivity index (χ0) is 24.2. The van der Waals surface area contributed by atoms with Crippen molar-refractivity contribution in [2.45, 2.75) is 40.5 Å². The van der Waals surface area contributed by atoms with Gasteiger partial charge in [0.1, 0.15) is 17.3 Å². The van der Waals surface area contributed by atoms with Crippen molar-refractivity contribution >= 4 is 22.6 Å². The van der Waals surface area contributed by atoms with E-state index in [4.69, 9.17) is 14.5 Å². The first-order valence-electron chi connectivity index (χ1n) is 11.4. The van der Waals surface area contributed by atoms with E-state index in [2.05, 4.69) is 43.3 Å². The Morgan fingerprint density at radius 2 is 1.71 bits per heavy atom. The summed E-state index contributed by atoms with van der Waals surface area (Å²) >= 11 is 0. The number of fused-ring (bicyclic) bond motifs is 1. The van der Waals surface area contributed by atoms with Gasteiger partial charge in [-0.3, -0.25) is 4.79 Å². The van der Waals surface area contributed by atoms with Gasteiger partial charge in [0.15, 0.2) is 5.82 Å². The van der Waals surface area contributed by atoms with Gasteiger partial charge >= 0.3 is 0 Å². The van der Waals surface area contributed by atoms with Gasteiger partial charge in [0.05, 0.1) is 24.9 Å². The molecule has 0 spiro atoms. The Labute approximate surface area is 199 Å². The highest BCUT2D eigenvalue weighted by Gasteiger charge is 2.14. The van der Waals surface area contributed by atoms with Crippen LogP contribution in [-0.2, 0) is 4.79 Å². The van der Waals surface area contributed by atoms with E-state index in [1.54, 1.807) is 11.8 Å². The molecule has 7 heteroatoms. The normalized spacial score (nSPS) is 11.0. The number of aryl methyl sites for hydroxylation is 4. The molecule has 1 N–H and O–H groups in total. The van der Waals surface area contributed by atoms with Crippen LogP contribution in [0.2, 0.25) is 0 Å². The topological polar surface area (TPSA) is 78.3 Å². The zero-order valence-electron chi connectivity index (χ0n) is 20.3. The molecule has 7 nitrogen and oxygen atoms in total. The summed E-state index contributed by atoms with van der Waals surface area (Å²) in [5.74, 6) is 2.72. The van der Waals surface area contributed by atoms with E-state index in [1.807, 2.05) is 43.3 Å². The summed E-state index contributed by atoms with van der Waals surface area (Å²) < 4.78 is 12.6. The Kier molecular flexibility index (Phi) is 6.82. The van der Waals surface area contributed by atoms with E-state index >= 15 is 0 Å². The number of anilines is 1. The minimum atomic E-state index is -0.0937. The van der Waals surface area contributed by atoms with Crippen molar-refractivity contribution in [1.82, 2.24) is 14.8 Å². The van der Waals surface area contributed by atoms with Crippen LogP contribution in [0.15, 0.2) is 48.5 Å². The highest BCUT2D eigenvalue weighted by Crippen LogP contribution is 2.26. The molecule has 2 heterocycles. The van der Waals surface area contributed by atoms with Crippen molar-refractivity contribution in [1.29, 1.82) is 0 Å². The molecule has 0 aliphatic rings. The Balaban J connectivity index is 1.43. The maximum atomic E-state index is 12.6. The lowest BCUT2D eigenvalue weighted by Gasteiger charge is -2.12. The largest absolute Gasteiger partial charge is 0.497 e. The number of nitrogens with one attached hydrogen (secondary N) is 1. The SMILES string of the molecule is COc1ccc(OCCCC(=O)Nc2cc(C)nn2-c2cc(C)c3cc(C)cc(C)c3n2)cc1. The highest BCUT2D eigenvalue weighted by molar-refractivity contribution is 5.90. The highest BCUT2D eigenvalue weighted by atomic mass is 16.5. The van der Waals surface area contributed by atoms with Gasteiger partial charge in [0.2, 0.25) is 5.91 Å². The minimum absolute atomic E-state index is 0.0937. The molecular weight excluding hydrogens is 428 g/mol. The average Bonchev–Trinajstić information content (AvgIpc) is 3.17. The van der Waals surface area contributed by atoms with Crippen LogP contribution in [0.5, 0.6) is 11.5 Å². The van der Waals surface area contributed by atoms with Crippen LogP contribution < -0.4 is 14.8 Å². The Morgan fingerprint density at radius 3 is 2.44 bits per heavy atom. The molecular formula is C27H30N4O3. The number of nitrogens with zero attached hydrogens (tertiary/aromatic N) is 3. The molecule has 0 atom stereocenters. The van der Waals surface area contributed by atoms with Gasteiger partial charge < -0.3 is 14.8 Å². The van der Waals surface area contributed by atoms with Crippen LogP contribution in [0.1, 0.15) is 35.2 Å². The Morgan fingerprint density at radius 1 is 0.971 bits per heavy atom. The number of aromatic nitrogens is 3. The summed E-state index contributed by atoms with van der Waals surface area (Å²) in [7, 11) is 1.63. The van der Waals surface area contributed by atoms with E-state index < -0.39 is 0 Å². The van der Waals surface area contributed by atoms with Crippen LogP contribution in [0, 0.1) is 27.7 Å². The van der Waals surface area contributed by atoms with E-state index in [9.17, 15) is 4.79 Å². The first kappa shape index (κ1) is 23.3. The number of pyridine rings is 1. The number of hydrogen-bond donors (Lipinski definition) is 1. The molecule has 0 aliphatic heterocycles. The summed E-state index contributed by atoms with van der Waals surface area (Å²) in [4.78, 5) is 17.5. The van der Waals surface area contributed by atoms with Gasteiger partial charge in [-0.25, -0.2) is 4.98 Å².